The summed E-state index contributed by atoms with van der Waals surface area (Å²) >= 11 is 0. The Morgan fingerprint density at radius 3 is 2.50 bits per heavy atom. The maximum absolute atomic E-state index is 3.56. The van der Waals surface area contributed by atoms with Crippen LogP contribution in [0.1, 0.15) is 52.4 Å². The fourth-order valence-corrected chi connectivity index (χ4v) is 3.88. The third kappa shape index (κ3) is 3.48. The average molecular weight is 252 g/mol. The van der Waals surface area contributed by atoms with E-state index in [1.807, 2.05) is 0 Å². The third-order valence-corrected chi connectivity index (χ3v) is 5.36. The maximum Gasteiger partial charge on any atom is 0.0248 e. The molecule has 106 valence electrons. The van der Waals surface area contributed by atoms with Crippen molar-refractivity contribution in [3.8, 4) is 0 Å². The molecule has 18 heavy (non-hydrogen) atoms. The molecular formula is C16H32N2. The van der Waals surface area contributed by atoms with Crippen LogP contribution in [0.4, 0.5) is 0 Å². The van der Waals surface area contributed by atoms with Crippen LogP contribution >= 0.6 is 0 Å². The van der Waals surface area contributed by atoms with E-state index in [-0.39, 0.29) is 0 Å². The summed E-state index contributed by atoms with van der Waals surface area (Å²) in [4.78, 5) is 2.66. The van der Waals surface area contributed by atoms with Crippen molar-refractivity contribution in [1.29, 1.82) is 0 Å². The monoisotopic (exact) mass is 252 g/mol. The first-order chi connectivity index (χ1) is 8.65. The fraction of sp³-hybridized carbons (Fsp3) is 1.00. The molecule has 0 radical (unpaired) electrons. The predicted molar refractivity (Wildman–Crippen MR) is 78.8 cm³/mol. The molecule has 2 aliphatic carbocycles. The summed E-state index contributed by atoms with van der Waals surface area (Å²) < 4.78 is 0. The first kappa shape index (κ1) is 14.3. The van der Waals surface area contributed by atoms with E-state index in [0.717, 1.165) is 29.8 Å². The largest absolute Gasteiger partial charge is 0.315 e. The molecular weight excluding hydrogens is 220 g/mol. The van der Waals surface area contributed by atoms with E-state index in [4.69, 9.17) is 0 Å². The van der Waals surface area contributed by atoms with Crippen LogP contribution < -0.4 is 5.32 Å². The smallest absolute Gasteiger partial charge is 0.0248 e. The molecule has 0 aromatic heterocycles. The molecule has 0 bridgehead atoms. The van der Waals surface area contributed by atoms with E-state index in [2.05, 4.69) is 38.2 Å². The zero-order chi connectivity index (χ0) is 13.1. The fourth-order valence-electron chi connectivity index (χ4n) is 3.88. The molecule has 0 aromatic carbocycles. The topological polar surface area (TPSA) is 15.3 Å². The molecule has 0 aromatic rings. The molecule has 0 amide bonds. The summed E-state index contributed by atoms with van der Waals surface area (Å²) in [7, 11) is 4.50. The van der Waals surface area contributed by atoms with Crippen molar-refractivity contribution in [1.82, 2.24) is 10.2 Å². The molecule has 0 heterocycles. The van der Waals surface area contributed by atoms with E-state index in [9.17, 15) is 0 Å². The number of rotatable bonds is 6. The van der Waals surface area contributed by atoms with Gasteiger partial charge in [0.15, 0.2) is 0 Å². The van der Waals surface area contributed by atoms with Crippen LogP contribution in [0.25, 0.3) is 0 Å². The first-order valence-electron chi connectivity index (χ1n) is 8.03. The summed E-state index contributed by atoms with van der Waals surface area (Å²) in [6.07, 6.45) is 8.46. The van der Waals surface area contributed by atoms with Crippen LogP contribution in [0.2, 0.25) is 0 Å². The van der Waals surface area contributed by atoms with Crippen molar-refractivity contribution >= 4 is 0 Å². The summed E-state index contributed by atoms with van der Waals surface area (Å²) in [5.41, 5.74) is 0. The van der Waals surface area contributed by atoms with Crippen LogP contribution in [-0.2, 0) is 0 Å². The van der Waals surface area contributed by atoms with Gasteiger partial charge in [0.05, 0.1) is 0 Å². The van der Waals surface area contributed by atoms with Gasteiger partial charge in [-0.3, -0.25) is 0 Å². The number of hydrogen-bond donors (Lipinski definition) is 1. The predicted octanol–water partition coefficient (Wildman–Crippen LogP) is 3.13. The SMILES string of the molecule is CCCC1CCC(NC)C(N(C)CC2CC2C)C1. The lowest BCUT2D eigenvalue weighted by Gasteiger charge is -2.41. The number of nitrogens with one attached hydrogen (secondary N) is 1. The van der Waals surface area contributed by atoms with E-state index in [1.54, 1.807) is 0 Å². The van der Waals surface area contributed by atoms with Crippen LogP contribution in [0, 0.1) is 17.8 Å². The van der Waals surface area contributed by atoms with Gasteiger partial charge in [0.25, 0.3) is 0 Å². The number of hydrogen-bond acceptors (Lipinski definition) is 2. The van der Waals surface area contributed by atoms with Crippen molar-refractivity contribution in [3.63, 3.8) is 0 Å². The second kappa shape index (κ2) is 6.38. The van der Waals surface area contributed by atoms with E-state index in [1.165, 1.54) is 45.1 Å². The Balaban J connectivity index is 1.87. The van der Waals surface area contributed by atoms with Crippen LogP contribution in [-0.4, -0.2) is 37.6 Å². The minimum absolute atomic E-state index is 0.720. The van der Waals surface area contributed by atoms with Crippen molar-refractivity contribution in [2.24, 2.45) is 17.8 Å². The van der Waals surface area contributed by atoms with Gasteiger partial charge >= 0.3 is 0 Å². The average Bonchev–Trinajstić information content (AvgIpc) is 3.05. The van der Waals surface area contributed by atoms with E-state index in [0.29, 0.717) is 0 Å². The number of likely N-dealkylation sites (N-methyl/N-ethyl adjacent to an activating group) is 2. The maximum atomic E-state index is 3.56. The Morgan fingerprint density at radius 1 is 1.22 bits per heavy atom. The zero-order valence-corrected chi connectivity index (χ0v) is 12.8. The minimum atomic E-state index is 0.720. The first-order valence-corrected chi connectivity index (χ1v) is 8.03. The van der Waals surface area contributed by atoms with Crippen LogP contribution in [0.3, 0.4) is 0 Å². The Kier molecular flexibility index (Phi) is 5.08. The molecule has 2 saturated carbocycles. The Hall–Kier alpha value is -0.0800. The molecule has 2 fully saturated rings. The quantitative estimate of drug-likeness (QED) is 0.781. The molecule has 5 unspecified atom stereocenters. The third-order valence-electron chi connectivity index (χ3n) is 5.36. The van der Waals surface area contributed by atoms with Gasteiger partial charge in [0.2, 0.25) is 0 Å². The highest BCUT2D eigenvalue weighted by Crippen LogP contribution is 2.39. The van der Waals surface area contributed by atoms with Gasteiger partial charge in [0.1, 0.15) is 0 Å². The lowest BCUT2D eigenvalue weighted by molar-refractivity contribution is 0.114. The molecule has 2 aliphatic rings. The highest BCUT2D eigenvalue weighted by molar-refractivity contribution is 4.92. The lowest BCUT2D eigenvalue weighted by Crippen LogP contribution is -2.51. The Morgan fingerprint density at radius 2 is 1.94 bits per heavy atom. The van der Waals surface area contributed by atoms with E-state index >= 15 is 0 Å². The van der Waals surface area contributed by atoms with Crippen molar-refractivity contribution in [2.75, 3.05) is 20.6 Å². The van der Waals surface area contributed by atoms with Gasteiger partial charge in [-0.05, 0) is 57.5 Å². The molecule has 2 heteroatoms. The highest BCUT2D eigenvalue weighted by Gasteiger charge is 2.37. The summed E-state index contributed by atoms with van der Waals surface area (Å²) in [5, 5.41) is 3.56. The van der Waals surface area contributed by atoms with Crippen molar-refractivity contribution < 1.29 is 0 Å². The van der Waals surface area contributed by atoms with Gasteiger partial charge in [-0.1, -0.05) is 26.7 Å². The van der Waals surface area contributed by atoms with E-state index < -0.39 is 0 Å². The van der Waals surface area contributed by atoms with Gasteiger partial charge < -0.3 is 10.2 Å². The number of nitrogens with zero attached hydrogens (tertiary/aromatic N) is 1. The summed E-state index contributed by atoms with van der Waals surface area (Å²) in [5.74, 6) is 2.94. The Labute approximate surface area is 114 Å². The van der Waals surface area contributed by atoms with Crippen LogP contribution in [0.15, 0.2) is 0 Å². The molecule has 1 N–H and O–H groups in total. The lowest BCUT2D eigenvalue weighted by atomic mass is 9.79. The molecule has 5 atom stereocenters. The normalized spacial score (nSPS) is 40.2. The van der Waals surface area contributed by atoms with Crippen molar-refractivity contribution in [3.05, 3.63) is 0 Å². The summed E-state index contributed by atoms with van der Waals surface area (Å²) in [6.45, 7) is 6.05. The van der Waals surface area contributed by atoms with Crippen molar-refractivity contribution in [2.45, 2.75) is 64.5 Å². The standard InChI is InChI=1S/C16H32N2/c1-5-6-13-7-8-15(17-3)16(10-13)18(4)11-14-9-12(14)2/h12-17H,5-11H2,1-4H3. The van der Waals surface area contributed by atoms with Crippen LogP contribution in [0.5, 0.6) is 0 Å². The Bertz CT molecular complexity index is 253. The summed E-state index contributed by atoms with van der Waals surface area (Å²) in [6, 6.07) is 1.49. The van der Waals surface area contributed by atoms with Gasteiger partial charge in [-0.15, -0.1) is 0 Å². The molecule has 2 nitrogen and oxygen atoms in total. The van der Waals surface area contributed by atoms with Gasteiger partial charge in [-0.2, -0.15) is 0 Å². The molecule has 2 rings (SSSR count). The minimum Gasteiger partial charge on any atom is -0.315 e. The zero-order valence-electron chi connectivity index (χ0n) is 12.8. The second-order valence-electron chi connectivity index (χ2n) is 6.84. The van der Waals surface area contributed by atoms with Gasteiger partial charge in [-0.25, -0.2) is 0 Å². The van der Waals surface area contributed by atoms with Gasteiger partial charge in [0, 0.05) is 18.6 Å². The molecule has 0 saturated heterocycles. The molecule has 0 aliphatic heterocycles. The highest BCUT2D eigenvalue weighted by atomic mass is 15.2. The second-order valence-corrected chi connectivity index (χ2v) is 6.84. The molecule has 0 spiro atoms.